The van der Waals surface area contributed by atoms with Gasteiger partial charge in [-0.1, -0.05) is 12.1 Å². The van der Waals surface area contributed by atoms with Gasteiger partial charge in [0.1, 0.15) is 0 Å². The summed E-state index contributed by atoms with van der Waals surface area (Å²) in [5.74, 6) is 0. The van der Waals surface area contributed by atoms with Crippen LogP contribution in [-0.4, -0.2) is 55.0 Å². The number of fused-ring (bicyclic) bond motifs is 1. The van der Waals surface area contributed by atoms with Gasteiger partial charge in [-0.2, -0.15) is 0 Å². The normalized spacial score (nSPS) is 20.5. The minimum absolute atomic E-state index is 0.536. The van der Waals surface area contributed by atoms with Gasteiger partial charge in [-0.3, -0.25) is 9.69 Å². The number of carbonyl (C=O) groups excluding carboxylic acids is 1. The summed E-state index contributed by atoms with van der Waals surface area (Å²) in [7, 11) is 0. The van der Waals surface area contributed by atoms with Crippen molar-refractivity contribution in [2.75, 3.05) is 38.0 Å². The number of amides is 1. The van der Waals surface area contributed by atoms with E-state index in [0.29, 0.717) is 6.04 Å². The van der Waals surface area contributed by atoms with Gasteiger partial charge in [0.15, 0.2) is 0 Å². The molecule has 1 amide bonds. The summed E-state index contributed by atoms with van der Waals surface area (Å²) in [6.45, 7) is 7.11. The van der Waals surface area contributed by atoms with Crippen LogP contribution in [0, 0.1) is 0 Å². The quantitative estimate of drug-likeness (QED) is 0.857. The van der Waals surface area contributed by atoms with Crippen LogP contribution in [0.15, 0.2) is 18.2 Å². The molecular formula is C17H25N3O. The Kier molecular flexibility index (Phi) is 4.44. The Morgan fingerprint density at radius 2 is 2.10 bits per heavy atom. The van der Waals surface area contributed by atoms with E-state index in [-0.39, 0.29) is 0 Å². The van der Waals surface area contributed by atoms with Crippen LogP contribution in [0.3, 0.4) is 0 Å². The van der Waals surface area contributed by atoms with Crippen LogP contribution >= 0.6 is 0 Å². The number of nitrogens with one attached hydrogen (secondary N) is 1. The van der Waals surface area contributed by atoms with Crippen LogP contribution in [0.2, 0.25) is 0 Å². The van der Waals surface area contributed by atoms with E-state index < -0.39 is 0 Å². The van der Waals surface area contributed by atoms with E-state index in [1.165, 1.54) is 29.7 Å². The summed E-state index contributed by atoms with van der Waals surface area (Å²) >= 11 is 0. The fraction of sp³-hybridized carbons (Fsp3) is 0.588. The first-order valence-corrected chi connectivity index (χ1v) is 8.05. The molecule has 4 heteroatoms. The lowest BCUT2D eigenvalue weighted by atomic mass is 9.97. The third-order valence-corrected chi connectivity index (χ3v) is 4.76. The molecule has 1 unspecified atom stereocenters. The zero-order valence-electron chi connectivity index (χ0n) is 12.8. The average Bonchev–Trinajstić information content (AvgIpc) is 2.55. The summed E-state index contributed by atoms with van der Waals surface area (Å²) in [5.41, 5.74) is 4.22. The molecule has 114 valence electrons. The molecule has 3 rings (SSSR count). The first-order valence-electron chi connectivity index (χ1n) is 8.05. The van der Waals surface area contributed by atoms with Crippen molar-refractivity contribution in [2.45, 2.75) is 32.2 Å². The second-order valence-corrected chi connectivity index (χ2v) is 6.25. The molecule has 1 atom stereocenters. The van der Waals surface area contributed by atoms with Crippen LogP contribution in [0.4, 0.5) is 5.69 Å². The largest absolute Gasteiger partial charge is 0.385 e. The molecule has 0 radical (unpaired) electrons. The lowest BCUT2D eigenvalue weighted by Gasteiger charge is -2.36. The van der Waals surface area contributed by atoms with Crippen molar-refractivity contribution >= 4 is 12.1 Å². The Bertz CT molecular complexity index is 495. The summed E-state index contributed by atoms with van der Waals surface area (Å²) in [6.07, 6.45) is 4.50. The predicted octanol–water partition coefficient (Wildman–Crippen LogP) is 1.75. The maximum absolute atomic E-state index is 10.8. The average molecular weight is 287 g/mol. The highest BCUT2D eigenvalue weighted by Gasteiger charge is 2.20. The summed E-state index contributed by atoms with van der Waals surface area (Å²) in [6, 6.07) is 7.41. The Hall–Kier alpha value is -1.55. The molecule has 4 nitrogen and oxygen atoms in total. The summed E-state index contributed by atoms with van der Waals surface area (Å²) in [4.78, 5) is 15.1. The van der Waals surface area contributed by atoms with Gasteiger partial charge in [0.25, 0.3) is 0 Å². The van der Waals surface area contributed by atoms with Gasteiger partial charge in [0, 0.05) is 44.5 Å². The molecule has 21 heavy (non-hydrogen) atoms. The third-order valence-electron chi connectivity index (χ3n) is 4.76. The minimum atomic E-state index is 0.536. The number of carbonyl (C=O) groups is 1. The molecule has 0 aliphatic carbocycles. The zero-order chi connectivity index (χ0) is 14.7. The maximum Gasteiger partial charge on any atom is 0.209 e. The second-order valence-electron chi connectivity index (χ2n) is 6.25. The molecule has 2 aliphatic rings. The lowest BCUT2D eigenvalue weighted by molar-refractivity contribution is -0.120. The van der Waals surface area contributed by atoms with Crippen LogP contribution in [0.25, 0.3) is 0 Å². The van der Waals surface area contributed by atoms with E-state index in [0.717, 1.165) is 45.6 Å². The maximum atomic E-state index is 10.8. The number of hydrogen-bond donors (Lipinski definition) is 1. The van der Waals surface area contributed by atoms with Crippen molar-refractivity contribution in [1.82, 2.24) is 9.80 Å². The van der Waals surface area contributed by atoms with Crippen LogP contribution in [0.1, 0.15) is 24.5 Å². The number of aryl methyl sites for hydroxylation is 1. The summed E-state index contributed by atoms with van der Waals surface area (Å²) in [5, 5.41) is 3.47. The van der Waals surface area contributed by atoms with Gasteiger partial charge in [0.2, 0.25) is 6.41 Å². The Morgan fingerprint density at radius 3 is 2.86 bits per heavy atom. The van der Waals surface area contributed by atoms with Crippen molar-refractivity contribution in [3.63, 3.8) is 0 Å². The standard InChI is InChI=1S/C17H25N3O/c1-14(20-9-7-19(13-21)8-10-20)11-15-4-5-17-16(12-15)3-2-6-18-17/h4-5,12-14,18H,2-3,6-11H2,1H3. The highest BCUT2D eigenvalue weighted by atomic mass is 16.1. The fourth-order valence-electron chi connectivity index (χ4n) is 3.41. The number of benzene rings is 1. The number of hydrogen-bond acceptors (Lipinski definition) is 3. The first-order chi connectivity index (χ1) is 10.3. The van der Waals surface area contributed by atoms with Crippen molar-refractivity contribution in [1.29, 1.82) is 0 Å². The number of rotatable bonds is 4. The molecule has 2 heterocycles. The van der Waals surface area contributed by atoms with Crippen LogP contribution in [-0.2, 0) is 17.6 Å². The number of piperazine rings is 1. The highest BCUT2D eigenvalue weighted by Crippen LogP contribution is 2.24. The molecule has 0 spiro atoms. The third kappa shape index (κ3) is 3.38. The number of nitrogens with zero attached hydrogens (tertiary/aromatic N) is 2. The molecule has 1 N–H and O–H groups in total. The monoisotopic (exact) mass is 287 g/mol. The van der Waals surface area contributed by atoms with E-state index in [2.05, 4.69) is 35.3 Å². The van der Waals surface area contributed by atoms with Gasteiger partial charge in [-0.15, -0.1) is 0 Å². The molecule has 0 aromatic heterocycles. The van der Waals surface area contributed by atoms with E-state index in [1.807, 2.05) is 4.90 Å². The van der Waals surface area contributed by atoms with Crippen molar-refractivity contribution in [2.24, 2.45) is 0 Å². The minimum Gasteiger partial charge on any atom is -0.385 e. The Balaban J connectivity index is 1.59. The molecule has 1 aromatic rings. The number of anilines is 1. The van der Waals surface area contributed by atoms with Gasteiger partial charge >= 0.3 is 0 Å². The second kappa shape index (κ2) is 6.48. The van der Waals surface area contributed by atoms with E-state index >= 15 is 0 Å². The Morgan fingerprint density at radius 1 is 1.29 bits per heavy atom. The van der Waals surface area contributed by atoms with Gasteiger partial charge in [-0.25, -0.2) is 0 Å². The SMILES string of the molecule is CC(Cc1ccc2c(c1)CCCN2)N1CCN(C=O)CC1. The first kappa shape index (κ1) is 14.4. The van der Waals surface area contributed by atoms with Gasteiger partial charge in [0.05, 0.1) is 0 Å². The van der Waals surface area contributed by atoms with E-state index in [4.69, 9.17) is 0 Å². The molecule has 0 saturated carbocycles. The topological polar surface area (TPSA) is 35.6 Å². The smallest absolute Gasteiger partial charge is 0.209 e. The van der Waals surface area contributed by atoms with Gasteiger partial charge in [-0.05, 0) is 43.4 Å². The molecular weight excluding hydrogens is 262 g/mol. The van der Waals surface area contributed by atoms with E-state index in [1.54, 1.807) is 0 Å². The molecule has 0 bridgehead atoms. The zero-order valence-corrected chi connectivity index (χ0v) is 12.8. The van der Waals surface area contributed by atoms with Crippen LogP contribution in [0.5, 0.6) is 0 Å². The molecule has 1 fully saturated rings. The van der Waals surface area contributed by atoms with Crippen molar-refractivity contribution < 1.29 is 4.79 Å². The Labute approximate surface area is 127 Å². The molecule has 2 aliphatic heterocycles. The lowest BCUT2D eigenvalue weighted by Crippen LogP contribution is -2.49. The fourth-order valence-corrected chi connectivity index (χ4v) is 3.41. The predicted molar refractivity (Wildman–Crippen MR) is 85.6 cm³/mol. The van der Waals surface area contributed by atoms with Gasteiger partial charge < -0.3 is 10.2 Å². The van der Waals surface area contributed by atoms with E-state index in [9.17, 15) is 4.79 Å². The highest BCUT2D eigenvalue weighted by molar-refractivity contribution is 5.54. The summed E-state index contributed by atoms with van der Waals surface area (Å²) < 4.78 is 0. The van der Waals surface area contributed by atoms with Crippen molar-refractivity contribution in [3.8, 4) is 0 Å². The molecule has 1 aromatic carbocycles. The van der Waals surface area contributed by atoms with Crippen LogP contribution < -0.4 is 5.32 Å². The van der Waals surface area contributed by atoms with Crippen molar-refractivity contribution in [3.05, 3.63) is 29.3 Å². The molecule has 1 saturated heterocycles.